The smallest absolute Gasteiger partial charge is 0.338 e. The molecule has 4 nitrogen and oxygen atoms in total. The molecule has 0 radical (unpaired) electrons. The van der Waals surface area contributed by atoms with Gasteiger partial charge in [-0.3, -0.25) is 0 Å². The molecule has 2 N–H and O–H groups in total. The van der Waals surface area contributed by atoms with E-state index in [4.69, 9.17) is 0 Å². The Bertz CT molecular complexity index is 719. The third kappa shape index (κ3) is 7.75. The molecule has 0 aromatic heterocycles. The summed E-state index contributed by atoms with van der Waals surface area (Å²) in [4.78, 5) is 11.1. The van der Waals surface area contributed by atoms with Crippen molar-refractivity contribution in [3.8, 4) is 0 Å². The predicted molar refractivity (Wildman–Crippen MR) is 121 cm³/mol. The van der Waals surface area contributed by atoms with E-state index in [2.05, 4.69) is 43.4 Å². The van der Waals surface area contributed by atoms with E-state index >= 15 is 0 Å². The molecule has 0 amide bonds. The minimum Gasteiger partial charge on any atom is -0.465 e. The summed E-state index contributed by atoms with van der Waals surface area (Å²) < 4.78 is 4.56. The van der Waals surface area contributed by atoms with Crippen molar-refractivity contribution in [1.82, 2.24) is 0 Å². The van der Waals surface area contributed by atoms with Crippen LogP contribution in [-0.2, 0) is 9.53 Å². The van der Waals surface area contributed by atoms with Gasteiger partial charge in [0.25, 0.3) is 0 Å². The number of carbonyl (C=O) groups is 1. The molecule has 0 aromatic rings. The first kappa shape index (κ1) is 24.4. The minimum atomic E-state index is -0.460. The standard InChI is InChI=1S/C26H38O4/c1-18(2)8-7-9-19(3)14-22(27)12-13-23-24-16-20(15-21(24)17-25(23)28)10-5-6-11-26(29)30-4/h5,8,11-13,15,19,21-25,27-28H,7,9-10,14,16-17H2,1-4H3/b13-12+/t6?,19-,21+,22-,23-,24+,25-/m1/s1. The Hall–Kier alpha value is -1.87. The van der Waals surface area contributed by atoms with Gasteiger partial charge in [-0.05, 0) is 76.2 Å². The molecule has 0 spiro atoms. The van der Waals surface area contributed by atoms with E-state index in [1.165, 1.54) is 24.3 Å². The van der Waals surface area contributed by atoms with Gasteiger partial charge < -0.3 is 14.9 Å². The number of carbonyl (C=O) groups excluding carboxylic acids is 1. The summed E-state index contributed by atoms with van der Waals surface area (Å²) in [5.41, 5.74) is 5.53. The minimum absolute atomic E-state index is 0.0916. The van der Waals surface area contributed by atoms with E-state index in [0.717, 1.165) is 38.5 Å². The lowest BCUT2D eigenvalue weighted by Crippen LogP contribution is -2.18. The van der Waals surface area contributed by atoms with E-state index in [0.29, 0.717) is 17.8 Å². The van der Waals surface area contributed by atoms with Gasteiger partial charge in [0.05, 0.1) is 25.4 Å². The monoisotopic (exact) mass is 414 g/mol. The number of ether oxygens (including phenoxy) is 1. The molecule has 1 saturated carbocycles. The van der Waals surface area contributed by atoms with Crippen molar-refractivity contribution >= 4 is 5.97 Å². The molecule has 30 heavy (non-hydrogen) atoms. The zero-order valence-corrected chi connectivity index (χ0v) is 18.9. The van der Waals surface area contributed by atoms with Crippen LogP contribution in [0.2, 0.25) is 0 Å². The second kappa shape index (κ2) is 12.1. The first-order valence-electron chi connectivity index (χ1n) is 11.2. The van der Waals surface area contributed by atoms with Crippen molar-refractivity contribution in [3.05, 3.63) is 53.3 Å². The van der Waals surface area contributed by atoms with E-state index < -0.39 is 12.1 Å². The zero-order chi connectivity index (χ0) is 22.1. The van der Waals surface area contributed by atoms with Crippen molar-refractivity contribution in [1.29, 1.82) is 0 Å². The highest BCUT2D eigenvalue weighted by Gasteiger charge is 2.43. The fraction of sp³-hybridized carbons (Fsp3) is 0.615. The van der Waals surface area contributed by atoms with E-state index in [1.807, 2.05) is 18.2 Å². The Balaban J connectivity index is 1.84. The van der Waals surface area contributed by atoms with Crippen LogP contribution in [0.1, 0.15) is 59.3 Å². The van der Waals surface area contributed by atoms with Crippen LogP contribution in [0, 0.1) is 23.7 Å². The summed E-state index contributed by atoms with van der Waals surface area (Å²) in [6.07, 6.45) is 16.2. The highest BCUT2D eigenvalue weighted by atomic mass is 16.5. The van der Waals surface area contributed by atoms with Crippen LogP contribution in [0.4, 0.5) is 0 Å². The molecule has 0 aromatic carbocycles. The molecule has 0 heterocycles. The number of methoxy groups -OCH3 is 1. The van der Waals surface area contributed by atoms with Crippen molar-refractivity contribution < 1.29 is 19.7 Å². The molecule has 2 aliphatic carbocycles. The van der Waals surface area contributed by atoms with Crippen LogP contribution < -0.4 is 0 Å². The summed E-state index contributed by atoms with van der Waals surface area (Å²) >= 11 is 0. The molecule has 166 valence electrons. The Morgan fingerprint density at radius 1 is 1.40 bits per heavy atom. The highest BCUT2D eigenvalue weighted by Crippen LogP contribution is 2.48. The summed E-state index contributed by atoms with van der Waals surface area (Å²) in [5, 5.41) is 20.9. The van der Waals surface area contributed by atoms with Gasteiger partial charge in [0.1, 0.15) is 0 Å². The highest BCUT2D eigenvalue weighted by molar-refractivity contribution is 5.81. The molecule has 2 aliphatic rings. The summed E-state index contributed by atoms with van der Waals surface area (Å²) in [7, 11) is 1.35. The van der Waals surface area contributed by atoms with Crippen molar-refractivity contribution in [2.45, 2.75) is 71.5 Å². The van der Waals surface area contributed by atoms with Crippen LogP contribution in [0.15, 0.2) is 53.3 Å². The van der Waals surface area contributed by atoms with Crippen molar-refractivity contribution in [3.63, 3.8) is 0 Å². The van der Waals surface area contributed by atoms with Crippen LogP contribution in [0.5, 0.6) is 0 Å². The Kier molecular flexibility index (Phi) is 9.84. The SMILES string of the molecule is COC(=O)C=C=CCC1=C[C@H]2C[C@@H](O)[C@H](/C=C/[C@@H](O)C[C@H](C)CCC=C(C)C)[C@H]2C1. The molecule has 0 saturated heterocycles. The third-order valence-electron chi connectivity index (χ3n) is 6.25. The number of allylic oxidation sites excluding steroid dienone is 4. The number of aliphatic hydroxyl groups excluding tert-OH is 2. The number of hydrogen-bond acceptors (Lipinski definition) is 4. The molecule has 6 atom stereocenters. The van der Waals surface area contributed by atoms with E-state index in [9.17, 15) is 15.0 Å². The number of hydrogen-bond donors (Lipinski definition) is 2. The van der Waals surface area contributed by atoms with E-state index in [-0.39, 0.29) is 12.0 Å². The normalized spacial score (nSPS) is 27.1. The lowest BCUT2D eigenvalue weighted by atomic mass is 9.88. The number of aliphatic hydroxyl groups is 2. The number of rotatable bonds is 10. The molecule has 0 aliphatic heterocycles. The average Bonchev–Trinajstić information content (AvgIpc) is 3.19. The maximum absolute atomic E-state index is 11.1. The zero-order valence-electron chi connectivity index (χ0n) is 18.9. The fourth-order valence-corrected chi connectivity index (χ4v) is 4.65. The predicted octanol–water partition coefficient (Wildman–Crippen LogP) is 4.89. The fourth-order valence-electron chi connectivity index (χ4n) is 4.65. The maximum Gasteiger partial charge on any atom is 0.338 e. The first-order chi connectivity index (χ1) is 14.3. The average molecular weight is 415 g/mol. The van der Waals surface area contributed by atoms with Crippen LogP contribution in [-0.4, -0.2) is 35.5 Å². The molecular formula is C26H38O4. The molecule has 1 fully saturated rings. The van der Waals surface area contributed by atoms with Crippen molar-refractivity contribution in [2.24, 2.45) is 23.7 Å². The summed E-state index contributed by atoms with van der Waals surface area (Å²) in [5.74, 6) is 0.941. The Labute approximate surface area is 181 Å². The molecular weight excluding hydrogens is 376 g/mol. The van der Waals surface area contributed by atoms with Gasteiger partial charge >= 0.3 is 5.97 Å². The van der Waals surface area contributed by atoms with Crippen LogP contribution >= 0.6 is 0 Å². The quantitative estimate of drug-likeness (QED) is 0.231. The Morgan fingerprint density at radius 2 is 2.17 bits per heavy atom. The van der Waals surface area contributed by atoms with Gasteiger partial charge in [-0.1, -0.05) is 42.4 Å². The second-order valence-electron chi connectivity index (χ2n) is 9.13. The molecule has 4 heteroatoms. The van der Waals surface area contributed by atoms with Gasteiger partial charge in [-0.2, -0.15) is 0 Å². The number of esters is 1. The molecule has 0 unspecified atom stereocenters. The molecule has 2 rings (SSSR count). The lowest BCUT2D eigenvalue weighted by Gasteiger charge is -2.19. The first-order valence-corrected chi connectivity index (χ1v) is 11.2. The Morgan fingerprint density at radius 3 is 2.87 bits per heavy atom. The van der Waals surface area contributed by atoms with Crippen LogP contribution in [0.25, 0.3) is 0 Å². The summed E-state index contributed by atoms with van der Waals surface area (Å²) in [6.45, 7) is 6.41. The van der Waals surface area contributed by atoms with E-state index in [1.54, 1.807) is 0 Å². The van der Waals surface area contributed by atoms with Gasteiger partial charge in [0, 0.05) is 5.92 Å². The molecule has 0 bridgehead atoms. The van der Waals surface area contributed by atoms with Crippen molar-refractivity contribution in [2.75, 3.05) is 7.11 Å². The second-order valence-corrected chi connectivity index (χ2v) is 9.13. The summed E-state index contributed by atoms with van der Waals surface area (Å²) in [6, 6.07) is 0. The van der Waals surface area contributed by atoms with Gasteiger partial charge in [-0.25, -0.2) is 4.79 Å². The van der Waals surface area contributed by atoms with Gasteiger partial charge in [0.2, 0.25) is 0 Å². The maximum atomic E-state index is 11.1. The number of fused-ring (bicyclic) bond motifs is 1. The van der Waals surface area contributed by atoms with Gasteiger partial charge in [0.15, 0.2) is 0 Å². The third-order valence-corrected chi connectivity index (χ3v) is 6.25. The topological polar surface area (TPSA) is 66.8 Å². The lowest BCUT2D eigenvalue weighted by molar-refractivity contribution is -0.134. The van der Waals surface area contributed by atoms with Gasteiger partial charge in [-0.15, -0.1) is 5.73 Å². The largest absolute Gasteiger partial charge is 0.465 e. The van der Waals surface area contributed by atoms with Crippen LogP contribution in [0.3, 0.4) is 0 Å².